The van der Waals surface area contributed by atoms with Crippen LogP contribution in [-0.4, -0.2) is 31.5 Å². The van der Waals surface area contributed by atoms with E-state index >= 15 is 0 Å². The van der Waals surface area contributed by atoms with Crippen LogP contribution in [-0.2, 0) is 13.0 Å². The van der Waals surface area contributed by atoms with E-state index in [9.17, 15) is 9.59 Å². The van der Waals surface area contributed by atoms with Gasteiger partial charge in [0.15, 0.2) is 5.76 Å². The van der Waals surface area contributed by atoms with Crippen LogP contribution in [0.3, 0.4) is 0 Å². The first-order valence-electron chi connectivity index (χ1n) is 13.5. The van der Waals surface area contributed by atoms with Crippen LogP contribution in [0.2, 0.25) is 0 Å². The van der Waals surface area contributed by atoms with Crippen molar-refractivity contribution in [3.63, 3.8) is 0 Å². The highest BCUT2D eigenvalue weighted by molar-refractivity contribution is 6.05. The van der Waals surface area contributed by atoms with Gasteiger partial charge in [-0.15, -0.1) is 0 Å². The molecule has 0 saturated heterocycles. The van der Waals surface area contributed by atoms with Crippen molar-refractivity contribution in [2.45, 2.75) is 13.0 Å². The SMILES string of the molecule is Nc1ccccc1NC(=O)c1ccc(OCCNC(=O)c2oc3ccccc3c2CNCCc2ccccc2)cc1. The Morgan fingerprint density at radius 1 is 0.780 bits per heavy atom. The summed E-state index contributed by atoms with van der Waals surface area (Å²) < 4.78 is 11.7. The second kappa shape index (κ2) is 13.3. The molecule has 1 heterocycles. The number of nitrogens with two attached hydrogens (primary N) is 1. The summed E-state index contributed by atoms with van der Waals surface area (Å²) in [5.74, 6) is 0.324. The number of carbonyl (C=O) groups is 2. The molecule has 5 aromatic rings. The highest BCUT2D eigenvalue weighted by Gasteiger charge is 2.20. The van der Waals surface area contributed by atoms with E-state index in [1.54, 1.807) is 48.5 Å². The molecule has 4 aromatic carbocycles. The van der Waals surface area contributed by atoms with E-state index in [0.717, 1.165) is 23.9 Å². The number of carbonyl (C=O) groups excluding carboxylic acids is 2. The monoisotopic (exact) mass is 548 g/mol. The molecular formula is C33H32N4O4. The Hall–Kier alpha value is -5.08. The lowest BCUT2D eigenvalue weighted by molar-refractivity contribution is 0.0919. The van der Waals surface area contributed by atoms with Gasteiger partial charge in [0.25, 0.3) is 11.8 Å². The molecular weight excluding hydrogens is 516 g/mol. The number of hydrogen-bond donors (Lipinski definition) is 4. The number of nitrogen functional groups attached to an aromatic ring is 1. The summed E-state index contributed by atoms with van der Waals surface area (Å²) in [5, 5.41) is 10.0. The van der Waals surface area contributed by atoms with E-state index in [0.29, 0.717) is 40.6 Å². The molecule has 0 radical (unpaired) electrons. The molecule has 1 aromatic heterocycles. The van der Waals surface area contributed by atoms with Crippen molar-refractivity contribution in [1.82, 2.24) is 10.6 Å². The van der Waals surface area contributed by atoms with Crippen LogP contribution in [0.1, 0.15) is 32.0 Å². The Bertz CT molecular complexity index is 1610. The second-order valence-corrected chi connectivity index (χ2v) is 9.49. The summed E-state index contributed by atoms with van der Waals surface area (Å²) in [4.78, 5) is 25.6. The fraction of sp³-hybridized carbons (Fsp3) is 0.152. The zero-order valence-electron chi connectivity index (χ0n) is 22.6. The Labute approximate surface area is 238 Å². The molecule has 8 heteroatoms. The van der Waals surface area contributed by atoms with Gasteiger partial charge in [-0.25, -0.2) is 0 Å². The van der Waals surface area contributed by atoms with E-state index in [-0.39, 0.29) is 25.0 Å². The summed E-state index contributed by atoms with van der Waals surface area (Å²) in [7, 11) is 0. The molecule has 0 aliphatic rings. The zero-order chi connectivity index (χ0) is 28.4. The minimum absolute atomic E-state index is 0.253. The lowest BCUT2D eigenvalue weighted by Gasteiger charge is -2.10. The molecule has 5 rings (SSSR count). The summed E-state index contributed by atoms with van der Waals surface area (Å²) in [5.41, 5.74) is 10.2. The number of anilines is 2. The van der Waals surface area contributed by atoms with E-state index in [1.807, 2.05) is 42.5 Å². The first-order chi connectivity index (χ1) is 20.1. The largest absolute Gasteiger partial charge is 0.492 e. The third kappa shape index (κ3) is 7.12. The van der Waals surface area contributed by atoms with Crippen molar-refractivity contribution in [1.29, 1.82) is 0 Å². The van der Waals surface area contributed by atoms with Crippen LogP contribution < -0.4 is 26.4 Å². The summed E-state index contributed by atoms with van der Waals surface area (Å²) in [6.45, 7) is 1.83. The maximum atomic E-state index is 13.1. The molecule has 0 saturated carbocycles. The van der Waals surface area contributed by atoms with Gasteiger partial charge < -0.3 is 30.8 Å². The van der Waals surface area contributed by atoms with E-state index < -0.39 is 0 Å². The highest BCUT2D eigenvalue weighted by atomic mass is 16.5. The molecule has 208 valence electrons. The van der Waals surface area contributed by atoms with Gasteiger partial charge in [0, 0.05) is 23.1 Å². The first kappa shape index (κ1) is 27.5. The quantitative estimate of drug-likeness (QED) is 0.122. The predicted molar refractivity (Wildman–Crippen MR) is 161 cm³/mol. The number of fused-ring (bicyclic) bond motifs is 1. The third-order valence-electron chi connectivity index (χ3n) is 6.62. The first-order valence-corrected chi connectivity index (χ1v) is 13.5. The Morgan fingerprint density at radius 3 is 2.32 bits per heavy atom. The number of nitrogens with one attached hydrogen (secondary N) is 3. The van der Waals surface area contributed by atoms with Crippen LogP contribution in [0.5, 0.6) is 5.75 Å². The third-order valence-corrected chi connectivity index (χ3v) is 6.62. The molecule has 0 unspecified atom stereocenters. The number of rotatable bonds is 12. The van der Waals surface area contributed by atoms with Crippen LogP contribution >= 0.6 is 0 Å². The Kier molecular flexibility index (Phi) is 8.93. The van der Waals surface area contributed by atoms with Gasteiger partial charge in [0.05, 0.1) is 17.9 Å². The molecule has 0 bridgehead atoms. The molecule has 2 amide bonds. The van der Waals surface area contributed by atoms with Crippen molar-refractivity contribution in [2.75, 3.05) is 30.7 Å². The zero-order valence-corrected chi connectivity index (χ0v) is 22.6. The van der Waals surface area contributed by atoms with Gasteiger partial charge in [-0.3, -0.25) is 9.59 Å². The number of hydrogen-bond acceptors (Lipinski definition) is 6. The molecule has 41 heavy (non-hydrogen) atoms. The van der Waals surface area contributed by atoms with Crippen LogP contribution in [0.4, 0.5) is 11.4 Å². The summed E-state index contributed by atoms with van der Waals surface area (Å²) >= 11 is 0. The fourth-order valence-electron chi connectivity index (χ4n) is 4.47. The predicted octanol–water partition coefficient (Wildman–Crippen LogP) is 5.41. The van der Waals surface area contributed by atoms with E-state index in [2.05, 4.69) is 28.1 Å². The van der Waals surface area contributed by atoms with Gasteiger partial charge in [-0.2, -0.15) is 0 Å². The number of amides is 2. The highest BCUT2D eigenvalue weighted by Crippen LogP contribution is 2.26. The van der Waals surface area contributed by atoms with Crippen LogP contribution in [0.25, 0.3) is 11.0 Å². The molecule has 5 N–H and O–H groups in total. The lowest BCUT2D eigenvalue weighted by Crippen LogP contribution is -2.29. The second-order valence-electron chi connectivity index (χ2n) is 9.49. The van der Waals surface area contributed by atoms with Gasteiger partial charge >= 0.3 is 0 Å². The van der Waals surface area contributed by atoms with E-state index in [4.69, 9.17) is 14.9 Å². The fourth-order valence-corrected chi connectivity index (χ4v) is 4.47. The molecule has 0 aliphatic carbocycles. The minimum Gasteiger partial charge on any atom is -0.492 e. The molecule has 0 spiro atoms. The Morgan fingerprint density at radius 2 is 1.51 bits per heavy atom. The average molecular weight is 549 g/mol. The molecule has 0 atom stereocenters. The lowest BCUT2D eigenvalue weighted by atomic mass is 10.1. The standard InChI is InChI=1S/C33H32N4O4/c34-28-11-5-6-12-29(28)37-32(38)24-14-16-25(17-15-24)40-21-20-36-33(39)31-27(26-10-4-7-13-30(26)41-31)22-35-19-18-23-8-2-1-3-9-23/h1-17,35H,18-22,34H2,(H,36,39)(H,37,38). The van der Waals surface area contributed by atoms with Crippen LogP contribution in [0, 0.1) is 0 Å². The van der Waals surface area contributed by atoms with Crippen molar-refractivity contribution in [3.05, 3.63) is 126 Å². The van der Waals surface area contributed by atoms with Crippen LogP contribution in [0.15, 0.2) is 108 Å². The van der Waals surface area contributed by atoms with Crippen molar-refractivity contribution in [3.8, 4) is 5.75 Å². The molecule has 0 aliphatic heterocycles. The Balaban J connectivity index is 1.12. The van der Waals surface area contributed by atoms with Gasteiger partial charge in [0.2, 0.25) is 0 Å². The summed E-state index contributed by atoms with van der Waals surface area (Å²) in [6, 6.07) is 31.8. The maximum absolute atomic E-state index is 13.1. The van der Waals surface area contributed by atoms with Gasteiger partial charge in [-0.05, 0) is 61.0 Å². The van der Waals surface area contributed by atoms with Gasteiger partial charge in [-0.1, -0.05) is 60.7 Å². The maximum Gasteiger partial charge on any atom is 0.287 e. The van der Waals surface area contributed by atoms with Gasteiger partial charge in [0.1, 0.15) is 17.9 Å². The van der Waals surface area contributed by atoms with Crippen molar-refractivity contribution < 1.29 is 18.7 Å². The number of benzene rings is 4. The molecule has 8 nitrogen and oxygen atoms in total. The minimum atomic E-state index is -0.295. The van der Waals surface area contributed by atoms with Crippen molar-refractivity contribution in [2.24, 2.45) is 0 Å². The summed E-state index contributed by atoms with van der Waals surface area (Å²) in [6.07, 6.45) is 0.892. The number of furan rings is 1. The normalized spacial score (nSPS) is 10.8. The number of para-hydroxylation sites is 3. The number of ether oxygens (including phenoxy) is 1. The average Bonchev–Trinajstić information content (AvgIpc) is 3.38. The van der Waals surface area contributed by atoms with Crippen molar-refractivity contribution >= 4 is 34.2 Å². The molecule has 0 fully saturated rings. The van der Waals surface area contributed by atoms with E-state index in [1.165, 1.54) is 5.56 Å². The smallest absolute Gasteiger partial charge is 0.287 e. The topological polar surface area (TPSA) is 119 Å².